The van der Waals surface area contributed by atoms with Crippen molar-refractivity contribution in [1.29, 1.82) is 0 Å². The zero-order chi connectivity index (χ0) is 22.6. The number of aromatic nitrogens is 4. The van der Waals surface area contributed by atoms with Gasteiger partial charge in [-0.15, -0.1) is 0 Å². The summed E-state index contributed by atoms with van der Waals surface area (Å²) in [6.07, 6.45) is 5.44. The molecular weight excluding hydrogens is 418 g/mol. The van der Waals surface area contributed by atoms with Crippen LogP contribution in [-0.4, -0.2) is 24.7 Å². The van der Waals surface area contributed by atoms with Gasteiger partial charge in [-0.1, -0.05) is 42.5 Å². The second kappa shape index (κ2) is 9.05. The number of carbonyl (C=O) groups is 1. The zero-order valence-corrected chi connectivity index (χ0v) is 17.7. The van der Waals surface area contributed by atoms with E-state index in [-0.39, 0.29) is 17.8 Å². The van der Waals surface area contributed by atoms with Crippen LogP contribution in [0, 0.1) is 0 Å². The first-order valence-electron chi connectivity index (χ1n) is 10.5. The predicted molar refractivity (Wildman–Crippen MR) is 123 cm³/mol. The van der Waals surface area contributed by atoms with E-state index in [1.165, 1.54) is 10.5 Å². The van der Waals surface area contributed by atoms with Gasteiger partial charge in [-0.25, -0.2) is 9.97 Å². The van der Waals surface area contributed by atoms with Gasteiger partial charge in [-0.3, -0.25) is 14.0 Å². The molecule has 0 aliphatic rings. The zero-order valence-electron chi connectivity index (χ0n) is 17.7. The molecule has 0 atom stereocenters. The Bertz CT molecular complexity index is 1490. The number of imidazole rings is 1. The Morgan fingerprint density at radius 2 is 1.70 bits per heavy atom. The lowest BCUT2D eigenvalue weighted by atomic mass is 10.2. The number of rotatable bonds is 7. The van der Waals surface area contributed by atoms with E-state index in [2.05, 4.69) is 15.3 Å². The van der Waals surface area contributed by atoms with Crippen LogP contribution in [0.1, 0.15) is 27.3 Å². The fourth-order valence-corrected chi connectivity index (χ4v) is 3.55. The fourth-order valence-electron chi connectivity index (χ4n) is 3.55. The van der Waals surface area contributed by atoms with E-state index in [9.17, 15) is 9.59 Å². The molecule has 0 saturated carbocycles. The van der Waals surface area contributed by atoms with Crippen LogP contribution in [0.4, 0.5) is 0 Å². The number of fused-ring (bicyclic) bond motifs is 2. The number of hydrogen-bond acceptors (Lipinski definition) is 5. The van der Waals surface area contributed by atoms with Gasteiger partial charge in [0.05, 0.1) is 25.5 Å². The Morgan fingerprint density at radius 1 is 0.879 bits per heavy atom. The van der Waals surface area contributed by atoms with Gasteiger partial charge in [-0.05, 0) is 29.3 Å². The largest absolute Gasteiger partial charge is 0.372 e. The molecule has 0 unspecified atom stereocenters. The van der Waals surface area contributed by atoms with Crippen molar-refractivity contribution in [2.75, 3.05) is 0 Å². The molecule has 5 rings (SSSR count). The summed E-state index contributed by atoms with van der Waals surface area (Å²) in [6, 6.07) is 20.3. The Kier molecular flexibility index (Phi) is 5.65. The van der Waals surface area contributed by atoms with E-state index in [1.807, 2.05) is 59.3 Å². The highest BCUT2D eigenvalue weighted by atomic mass is 16.5. The monoisotopic (exact) mass is 439 g/mol. The SMILES string of the molecule is O=C(NCc1cn2cc(COCc3ccccc3)ccc2n1)c1cc(=O)n2ccccc2n1. The van der Waals surface area contributed by atoms with Crippen molar-refractivity contribution in [2.24, 2.45) is 0 Å². The highest BCUT2D eigenvalue weighted by Crippen LogP contribution is 2.11. The lowest BCUT2D eigenvalue weighted by Gasteiger charge is -2.05. The molecule has 0 aliphatic heterocycles. The van der Waals surface area contributed by atoms with Gasteiger partial charge in [-0.2, -0.15) is 0 Å². The molecule has 0 aliphatic carbocycles. The summed E-state index contributed by atoms with van der Waals surface area (Å²) in [5.74, 6) is -0.425. The Morgan fingerprint density at radius 3 is 2.58 bits per heavy atom. The van der Waals surface area contributed by atoms with Crippen molar-refractivity contribution < 1.29 is 9.53 Å². The third-order valence-corrected chi connectivity index (χ3v) is 5.18. The summed E-state index contributed by atoms with van der Waals surface area (Å²) < 4.78 is 9.10. The van der Waals surface area contributed by atoms with E-state index >= 15 is 0 Å². The van der Waals surface area contributed by atoms with Crippen molar-refractivity contribution in [1.82, 2.24) is 24.1 Å². The molecule has 0 radical (unpaired) electrons. The van der Waals surface area contributed by atoms with Crippen LogP contribution in [0.2, 0.25) is 0 Å². The van der Waals surface area contributed by atoms with Gasteiger partial charge < -0.3 is 14.5 Å². The van der Waals surface area contributed by atoms with Crippen LogP contribution < -0.4 is 10.9 Å². The van der Waals surface area contributed by atoms with Gasteiger partial charge in [0.25, 0.3) is 11.5 Å². The molecule has 4 heterocycles. The van der Waals surface area contributed by atoms with Crippen molar-refractivity contribution in [2.45, 2.75) is 19.8 Å². The smallest absolute Gasteiger partial charge is 0.270 e. The molecule has 4 aromatic heterocycles. The maximum absolute atomic E-state index is 12.5. The second-order valence-electron chi connectivity index (χ2n) is 7.60. The Hall–Kier alpha value is -4.30. The molecule has 8 nitrogen and oxygen atoms in total. The summed E-state index contributed by atoms with van der Waals surface area (Å²) in [7, 11) is 0. The number of pyridine rings is 2. The number of benzene rings is 1. The summed E-state index contributed by atoms with van der Waals surface area (Å²) in [5, 5.41) is 2.79. The maximum atomic E-state index is 12.5. The average Bonchev–Trinajstić information content (AvgIpc) is 3.25. The minimum Gasteiger partial charge on any atom is -0.372 e. The first kappa shape index (κ1) is 20.6. The van der Waals surface area contributed by atoms with Crippen molar-refractivity contribution >= 4 is 17.2 Å². The van der Waals surface area contributed by atoms with E-state index < -0.39 is 5.91 Å². The molecule has 1 amide bonds. The van der Waals surface area contributed by atoms with Crippen LogP contribution in [-0.2, 0) is 24.5 Å². The third-order valence-electron chi connectivity index (χ3n) is 5.18. The lowest BCUT2D eigenvalue weighted by molar-refractivity contribution is 0.0945. The van der Waals surface area contributed by atoms with Crippen LogP contribution in [0.15, 0.2) is 90.1 Å². The lowest BCUT2D eigenvalue weighted by Crippen LogP contribution is -2.27. The molecule has 33 heavy (non-hydrogen) atoms. The topological polar surface area (TPSA) is 90.0 Å². The Balaban J connectivity index is 1.23. The number of nitrogens with one attached hydrogen (secondary N) is 1. The standard InChI is InChI=1S/C25H21N5O3/c31-24-12-21(28-23-8-4-5-11-30(23)24)25(32)26-13-20-15-29-14-19(9-10-22(29)27-20)17-33-16-18-6-2-1-3-7-18/h1-12,14-15H,13,16-17H2,(H,26,32). The van der Waals surface area contributed by atoms with Crippen molar-refractivity contribution in [3.63, 3.8) is 0 Å². The molecule has 1 N–H and O–H groups in total. The molecule has 0 saturated heterocycles. The van der Waals surface area contributed by atoms with Gasteiger partial charge in [0.2, 0.25) is 0 Å². The van der Waals surface area contributed by atoms with E-state index in [0.717, 1.165) is 16.8 Å². The molecule has 8 heteroatoms. The molecule has 0 spiro atoms. The molecule has 164 valence electrons. The normalized spacial score (nSPS) is 11.2. The van der Waals surface area contributed by atoms with Crippen LogP contribution in [0.5, 0.6) is 0 Å². The number of nitrogens with zero attached hydrogens (tertiary/aromatic N) is 4. The van der Waals surface area contributed by atoms with Gasteiger partial charge in [0.1, 0.15) is 17.0 Å². The quantitative estimate of drug-likeness (QED) is 0.421. The van der Waals surface area contributed by atoms with Crippen molar-refractivity contribution in [3.8, 4) is 0 Å². The number of ether oxygens (including phenoxy) is 1. The van der Waals surface area contributed by atoms with E-state index in [0.29, 0.717) is 24.6 Å². The second-order valence-corrected chi connectivity index (χ2v) is 7.60. The molecular formula is C25H21N5O3. The summed E-state index contributed by atoms with van der Waals surface area (Å²) in [6.45, 7) is 1.25. The molecule has 5 aromatic rings. The average molecular weight is 439 g/mol. The number of hydrogen-bond donors (Lipinski definition) is 1. The molecule has 0 bridgehead atoms. The van der Waals surface area contributed by atoms with E-state index in [4.69, 9.17) is 4.74 Å². The van der Waals surface area contributed by atoms with Crippen molar-refractivity contribution in [3.05, 3.63) is 118 Å². The fraction of sp³-hybridized carbons (Fsp3) is 0.120. The van der Waals surface area contributed by atoms with Gasteiger partial charge >= 0.3 is 0 Å². The number of amides is 1. The Labute approximate surface area is 189 Å². The number of carbonyl (C=O) groups excluding carboxylic acids is 1. The van der Waals surface area contributed by atoms with Gasteiger partial charge in [0.15, 0.2) is 0 Å². The predicted octanol–water partition coefficient (Wildman–Crippen LogP) is 2.99. The van der Waals surface area contributed by atoms with Gasteiger partial charge in [0, 0.05) is 24.7 Å². The minimum atomic E-state index is -0.425. The first-order valence-corrected chi connectivity index (χ1v) is 10.5. The summed E-state index contributed by atoms with van der Waals surface area (Å²) >= 11 is 0. The van der Waals surface area contributed by atoms with Crippen LogP contribution in [0.3, 0.4) is 0 Å². The summed E-state index contributed by atoms with van der Waals surface area (Å²) in [5.41, 5.74) is 3.81. The third kappa shape index (κ3) is 4.65. The highest BCUT2D eigenvalue weighted by molar-refractivity contribution is 5.92. The molecule has 1 aromatic carbocycles. The highest BCUT2D eigenvalue weighted by Gasteiger charge is 2.11. The minimum absolute atomic E-state index is 0.0767. The van der Waals surface area contributed by atoms with Crippen LogP contribution >= 0.6 is 0 Å². The van der Waals surface area contributed by atoms with E-state index in [1.54, 1.807) is 24.4 Å². The summed E-state index contributed by atoms with van der Waals surface area (Å²) in [4.78, 5) is 33.5. The molecule has 0 fully saturated rings. The van der Waals surface area contributed by atoms with Crippen LogP contribution in [0.25, 0.3) is 11.3 Å². The first-order chi connectivity index (χ1) is 16.2. The maximum Gasteiger partial charge on any atom is 0.270 e.